The largest absolute Gasteiger partial charge is 0.354 e. The predicted octanol–water partition coefficient (Wildman–Crippen LogP) is 4.32. The van der Waals surface area contributed by atoms with Crippen molar-refractivity contribution in [2.24, 2.45) is 0 Å². The summed E-state index contributed by atoms with van der Waals surface area (Å²) in [6, 6.07) is 21.1. The molecule has 1 N–H and O–H groups in total. The van der Waals surface area contributed by atoms with Crippen LogP contribution in [0.4, 0.5) is 10.1 Å². The third-order valence-electron chi connectivity index (χ3n) is 6.40. The van der Waals surface area contributed by atoms with Crippen molar-refractivity contribution >= 4 is 27.5 Å². The first-order valence-electron chi connectivity index (χ1n) is 13.0. The Hall–Kier alpha value is -3.72. The molecule has 1 unspecified atom stereocenters. The number of benzene rings is 3. The Morgan fingerprint density at radius 3 is 2.05 bits per heavy atom. The third-order valence-corrected chi connectivity index (χ3v) is 7.54. The fraction of sp³-hybridized carbons (Fsp3) is 0.333. The van der Waals surface area contributed by atoms with E-state index in [2.05, 4.69) is 5.32 Å². The number of halogens is 1. The standard InChI is InChI=1S/C30H36FN3O4S/c1-4-19-32-30(36)28(20-24-9-7-6-8-10-24)33(21-25-11-15-26(31)16-12-25)29(35)22-34(39(3,37)38)27-17-13-23(5-2)14-18-27/h6-18,28H,4-5,19-22H2,1-3H3,(H,32,36). The molecule has 0 aliphatic rings. The van der Waals surface area contributed by atoms with Crippen LogP contribution in [0.2, 0.25) is 0 Å². The van der Waals surface area contributed by atoms with Crippen molar-refractivity contribution in [3.63, 3.8) is 0 Å². The zero-order valence-electron chi connectivity index (χ0n) is 22.6. The number of carbonyl (C=O) groups excluding carboxylic acids is 2. The van der Waals surface area contributed by atoms with E-state index in [1.165, 1.54) is 17.0 Å². The van der Waals surface area contributed by atoms with Gasteiger partial charge in [-0.05, 0) is 53.8 Å². The van der Waals surface area contributed by atoms with Gasteiger partial charge < -0.3 is 10.2 Å². The summed E-state index contributed by atoms with van der Waals surface area (Å²) in [6.45, 7) is 3.88. The maximum Gasteiger partial charge on any atom is 0.244 e. The minimum Gasteiger partial charge on any atom is -0.354 e. The molecule has 0 saturated heterocycles. The first kappa shape index (κ1) is 29.8. The van der Waals surface area contributed by atoms with E-state index in [9.17, 15) is 22.4 Å². The second kappa shape index (κ2) is 13.9. The van der Waals surface area contributed by atoms with E-state index in [1.54, 1.807) is 24.3 Å². The Kier molecular flexibility index (Phi) is 10.6. The maximum absolute atomic E-state index is 13.9. The molecule has 0 aromatic heterocycles. The van der Waals surface area contributed by atoms with E-state index < -0.39 is 34.3 Å². The summed E-state index contributed by atoms with van der Waals surface area (Å²) in [7, 11) is -3.83. The predicted molar refractivity (Wildman–Crippen MR) is 152 cm³/mol. The molecule has 0 fully saturated rings. The molecule has 0 radical (unpaired) electrons. The lowest BCUT2D eigenvalue weighted by Crippen LogP contribution is -2.53. The lowest BCUT2D eigenvalue weighted by atomic mass is 10.0. The number of sulfonamides is 1. The topological polar surface area (TPSA) is 86.8 Å². The monoisotopic (exact) mass is 553 g/mol. The highest BCUT2D eigenvalue weighted by Gasteiger charge is 2.32. The minimum atomic E-state index is -3.83. The highest BCUT2D eigenvalue weighted by molar-refractivity contribution is 7.92. The van der Waals surface area contributed by atoms with Gasteiger partial charge in [-0.2, -0.15) is 0 Å². The smallest absolute Gasteiger partial charge is 0.244 e. The van der Waals surface area contributed by atoms with Gasteiger partial charge >= 0.3 is 0 Å². The van der Waals surface area contributed by atoms with Crippen molar-refractivity contribution in [1.82, 2.24) is 10.2 Å². The van der Waals surface area contributed by atoms with Gasteiger partial charge in [-0.3, -0.25) is 13.9 Å². The van der Waals surface area contributed by atoms with E-state index in [0.29, 0.717) is 24.2 Å². The van der Waals surface area contributed by atoms with Crippen LogP contribution < -0.4 is 9.62 Å². The van der Waals surface area contributed by atoms with Crippen molar-refractivity contribution in [1.29, 1.82) is 0 Å². The van der Waals surface area contributed by atoms with Gasteiger partial charge in [0.1, 0.15) is 18.4 Å². The summed E-state index contributed by atoms with van der Waals surface area (Å²) in [4.78, 5) is 28.8. The molecule has 1 atom stereocenters. The van der Waals surface area contributed by atoms with Gasteiger partial charge in [0.2, 0.25) is 21.8 Å². The SMILES string of the molecule is CCCNC(=O)C(Cc1ccccc1)N(Cc1ccc(F)cc1)C(=O)CN(c1ccc(CC)cc1)S(C)(=O)=O. The Morgan fingerprint density at radius 1 is 0.872 bits per heavy atom. The number of amides is 2. The van der Waals surface area contributed by atoms with Crippen molar-refractivity contribution in [3.8, 4) is 0 Å². The molecule has 0 spiro atoms. The number of rotatable bonds is 13. The summed E-state index contributed by atoms with van der Waals surface area (Å²) in [5, 5.41) is 2.89. The Balaban J connectivity index is 2.02. The van der Waals surface area contributed by atoms with E-state index in [0.717, 1.165) is 28.1 Å². The summed E-state index contributed by atoms with van der Waals surface area (Å²) < 4.78 is 40.3. The molecule has 0 heterocycles. The first-order chi connectivity index (χ1) is 18.6. The molecule has 0 saturated carbocycles. The van der Waals surface area contributed by atoms with E-state index in [-0.39, 0.29) is 18.9 Å². The molecule has 3 aromatic rings. The van der Waals surface area contributed by atoms with Crippen LogP contribution in [0.15, 0.2) is 78.9 Å². The molecule has 208 valence electrons. The summed E-state index contributed by atoms with van der Waals surface area (Å²) in [5.74, 6) is -1.30. The van der Waals surface area contributed by atoms with Crippen molar-refractivity contribution < 1.29 is 22.4 Å². The maximum atomic E-state index is 13.9. The molecule has 7 nitrogen and oxygen atoms in total. The second-order valence-corrected chi connectivity index (χ2v) is 11.3. The number of nitrogens with zero attached hydrogens (tertiary/aromatic N) is 2. The number of hydrogen-bond acceptors (Lipinski definition) is 4. The number of aryl methyl sites for hydroxylation is 1. The summed E-state index contributed by atoms with van der Waals surface area (Å²) >= 11 is 0. The van der Waals surface area contributed by atoms with E-state index in [1.807, 2.05) is 56.3 Å². The van der Waals surface area contributed by atoms with Gasteiger partial charge in [-0.1, -0.05) is 68.4 Å². The third kappa shape index (κ3) is 8.64. The van der Waals surface area contributed by atoms with Gasteiger partial charge in [0.25, 0.3) is 0 Å². The first-order valence-corrected chi connectivity index (χ1v) is 14.9. The van der Waals surface area contributed by atoms with Crippen molar-refractivity contribution in [2.45, 2.75) is 45.7 Å². The molecular weight excluding hydrogens is 517 g/mol. The zero-order chi connectivity index (χ0) is 28.4. The molecular formula is C30H36FN3O4S. The van der Waals surface area contributed by atoms with Gasteiger partial charge in [0.05, 0.1) is 11.9 Å². The van der Waals surface area contributed by atoms with Crippen LogP contribution in [-0.2, 0) is 39.0 Å². The van der Waals surface area contributed by atoms with Crippen LogP contribution in [0.5, 0.6) is 0 Å². The number of carbonyl (C=O) groups is 2. The fourth-order valence-electron chi connectivity index (χ4n) is 4.22. The van der Waals surface area contributed by atoms with Crippen LogP contribution >= 0.6 is 0 Å². The van der Waals surface area contributed by atoms with Gasteiger partial charge in [0, 0.05) is 19.5 Å². The number of anilines is 1. The molecule has 0 aliphatic carbocycles. The average molecular weight is 554 g/mol. The number of nitrogens with one attached hydrogen (secondary N) is 1. The van der Waals surface area contributed by atoms with Crippen molar-refractivity contribution in [2.75, 3.05) is 23.7 Å². The van der Waals surface area contributed by atoms with Crippen LogP contribution in [0, 0.1) is 5.82 Å². The number of hydrogen-bond donors (Lipinski definition) is 1. The van der Waals surface area contributed by atoms with Crippen LogP contribution in [0.1, 0.15) is 37.0 Å². The van der Waals surface area contributed by atoms with Crippen molar-refractivity contribution in [3.05, 3.63) is 101 Å². The summed E-state index contributed by atoms with van der Waals surface area (Å²) in [5.41, 5.74) is 2.86. The average Bonchev–Trinajstić information content (AvgIpc) is 2.93. The van der Waals surface area contributed by atoms with Crippen LogP contribution in [0.3, 0.4) is 0 Å². The quantitative estimate of drug-likeness (QED) is 0.342. The molecule has 0 bridgehead atoms. The van der Waals surface area contributed by atoms with Crippen LogP contribution in [0.25, 0.3) is 0 Å². The Bertz CT molecular complexity index is 1330. The normalized spacial score (nSPS) is 12.0. The molecule has 0 aliphatic heterocycles. The highest BCUT2D eigenvalue weighted by Crippen LogP contribution is 2.21. The lowest BCUT2D eigenvalue weighted by Gasteiger charge is -2.33. The Morgan fingerprint density at radius 2 is 1.49 bits per heavy atom. The molecule has 3 rings (SSSR count). The molecule has 2 amide bonds. The van der Waals surface area contributed by atoms with Crippen LogP contribution in [-0.4, -0.2) is 50.5 Å². The lowest BCUT2D eigenvalue weighted by molar-refractivity contribution is -0.140. The highest BCUT2D eigenvalue weighted by atomic mass is 32.2. The van der Waals surface area contributed by atoms with E-state index >= 15 is 0 Å². The molecule has 3 aromatic carbocycles. The zero-order valence-corrected chi connectivity index (χ0v) is 23.5. The molecule has 9 heteroatoms. The minimum absolute atomic E-state index is 0.00251. The molecule has 39 heavy (non-hydrogen) atoms. The fourth-order valence-corrected chi connectivity index (χ4v) is 5.07. The van der Waals surface area contributed by atoms with E-state index in [4.69, 9.17) is 0 Å². The second-order valence-electron chi connectivity index (χ2n) is 9.43. The van der Waals surface area contributed by atoms with Gasteiger partial charge in [-0.25, -0.2) is 12.8 Å². The summed E-state index contributed by atoms with van der Waals surface area (Å²) in [6.07, 6.45) is 2.78. The Labute approximate surface area is 230 Å². The van der Waals surface area contributed by atoms with Gasteiger partial charge in [0.15, 0.2) is 0 Å². The van der Waals surface area contributed by atoms with Gasteiger partial charge in [-0.15, -0.1) is 0 Å².